The zero-order valence-electron chi connectivity index (χ0n) is 18.2. The van der Waals surface area contributed by atoms with Crippen LogP contribution >= 0.6 is 0 Å². The van der Waals surface area contributed by atoms with Gasteiger partial charge in [-0.3, -0.25) is 4.99 Å². The van der Waals surface area contributed by atoms with Crippen molar-refractivity contribution in [3.05, 3.63) is 23.9 Å². The summed E-state index contributed by atoms with van der Waals surface area (Å²) in [5.74, 6) is 2.12. The first-order chi connectivity index (χ1) is 13.5. The molecule has 0 aliphatic carbocycles. The van der Waals surface area contributed by atoms with Crippen molar-refractivity contribution in [2.24, 2.45) is 10.4 Å². The predicted octanol–water partition coefficient (Wildman–Crippen LogP) is 2.81. The van der Waals surface area contributed by atoms with Gasteiger partial charge in [0.05, 0.1) is 0 Å². The van der Waals surface area contributed by atoms with E-state index >= 15 is 0 Å². The van der Waals surface area contributed by atoms with Crippen molar-refractivity contribution < 1.29 is 0 Å². The number of likely N-dealkylation sites (N-methyl/N-ethyl adjacent to an activating group) is 1. The van der Waals surface area contributed by atoms with E-state index in [1.807, 2.05) is 13.2 Å². The molecule has 2 saturated heterocycles. The van der Waals surface area contributed by atoms with Gasteiger partial charge < -0.3 is 20.0 Å². The number of aromatic nitrogens is 1. The largest absolute Gasteiger partial charge is 0.354 e. The van der Waals surface area contributed by atoms with Crippen LogP contribution in [0.5, 0.6) is 0 Å². The molecular formula is C22H38N6. The first-order valence-electron chi connectivity index (χ1n) is 10.9. The number of guanidine groups is 1. The van der Waals surface area contributed by atoms with Gasteiger partial charge in [-0.15, -0.1) is 0 Å². The van der Waals surface area contributed by atoms with E-state index in [2.05, 4.69) is 63.0 Å². The third kappa shape index (κ3) is 5.37. The molecule has 0 radical (unpaired) electrons. The van der Waals surface area contributed by atoms with E-state index in [9.17, 15) is 0 Å². The fourth-order valence-corrected chi connectivity index (χ4v) is 4.60. The van der Waals surface area contributed by atoms with Crippen LogP contribution in [0.1, 0.15) is 45.1 Å². The molecule has 6 heteroatoms. The zero-order chi connectivity index (χ0) is 20.0. The van der Waals surface area contributed by atoms with Crippen LogP contribution < -0.4 is 10.2 Å². The van der Waals surface area contributed by atoms with Gasteiger partial charge in [0.2, 0.25) is 0 Å². The van der Waals surface area contributed by atoms with Crippen LogP contribution in [0.3, 0.4) is 0 Å². The minimum atomic E-state index is 0.413. The number of nitrogens with zero attached hydrogens (tertiary/aromatic N) is 5. The number of anilines is 1. The SMILES string of the molecule is CCCC1(C)CCCN(C(=NC)NCc2ccnc(N3CCN(C)CC3)c2)C1. The van der Waals surface area contributed by atoms with Gasteiger partial charge >= 0.3 is 0 Å². The Kier molecular flexibility index (Phi) is 7.16. The molecule has 1 aromatic heterocycles. The summed E-state index contributed by atoms with van der Waals surface area (Å²) in [5.41, 5.74) is 1.67. The van der Waals surface area contributed by atoms with Gasteiger partial charge in [-0.1, -0.05) is 20.3 Å². The van der Waals surface area contributed by atoms with Crippen molar-refractivity contribution in [3.63, 3.8) is 0 Å². The standard InChI is InChI=1S/C22H38N6/c1-5-8-22(2)9-6-11-28(18-22)21(23-3)25-17-19-7-10-24-20(16-19)27-14-12-26(4)13-15-27/h7,10,16H,5-6,8-9,11-15,17-18H2,1-4H3,(H,23,25). The second-order valence-electron chi connectivity index (χ2n) is 8.80. The van der Waals surface area contributed by atoms with E-state index in [0.29, 0.717) is 5.41 Å². The molecule has 0 saturated carbocycles. The maximum atomic E-state index is 4.60. The third-order valence-corrected chi connectivity index (χ3v) is 6.23. The van der Waals surface area contributed by atoms with Gasteiger partial charge in [-0.2, -0.15) is 0 Å². The van der Waals surface area contributed by atoms with Crippen LogP contribution in [0.25, 0.3) is 0 Å². The highest BCUT2D eigenvalue weighted by Crippen LogP contribution is 2.33. The molecule has 2 aliphatic rings. The quantitative estimate of drug-likeness (QED) is 0.623. The molecule has 156 valence electrons. The van der Waals surface area contributed by atoms with Crippen molar-refractivity contribution in [2.45, 2.75) is 46.1 Å². The number of piperidine rings is 1. The Morgan fingerprint density at radius 2 is 2.04 bits per heavy atom. The number of likely N-dealkylation sites (tertiary alicyclic amines) is 1. The highest BCUT2D eigenvalue weighted by atomic mass is 15.3. The van der Waals surface area contributed by atoms with Crippen LogP contribution in [-0.2, 0) is 6.54 Å². The third-order valence-electron chi connectivity index (χ3n) is 6.23. The lowest BCUT2D eigenvalue weighted by molar-refractivity contribution is 0.142. The van der Waals surface area contributed by atoms with Gasteiger partial charge in [-0.25, -0.2) is 4.98 Å². The predicted molar refractivity (Wildman–Crippen MR) is 118 cm³/mol. The lowest BCUT2D eigenvalue weighted by atomic mass is 9.78. The molecule has 1 unspecified atom stereocenters. The second-order valence-corrected chi connectivity index (χ2v) is 8.80. The molecule has 0 spiro atoms. The topological polar surface area (TPSA) is 47.0 Å². The summed E-state index contributed by atoms with van der Waals surface area (Å²) >= 11 is 0. The molecule has 1 aromatic rings. The number of piperazine rings is 1. The van der Waals surface area contributed by atoms with Crippen LogP contribution in [0.4, 0.5) is 5.82 Å². The van der Waals surface area contributed by atoms with E-state index < -0.39 is 0 Å². The Balaban J connectivity index is 1.59. The summed E-state index contributed by atoms with van der Waals surface area (Å²) in [4.78, 5) is 16.4. The molecule has 6 nitrogen and oxygen atoms in total. The Labute approximate surface area is 171 Å². The summed E-state index contributed by atoms with van der Waals surface area (Å²) in [7, 11) is 4.08. The van der Waals surface area contributed by atoms with E-state index in [-0.39, 0.29) is 0 Å². The van der Waals surface area contributed by atoms with Crippen molar-refractivity contribution in [1.29, 1.82) is 0 Å². The number of rotatable bonds is 5. The molecule has 0 amide bonds. The molecule has 0 bridgehead atoms. The van der Waals surface area contributed by atoms with Crippen molar-refractivity contribution in [2.75, 3.05) is 58.3 Å². The van der Waals surface area contributed by atoms with Crippen molar-refractivity contribution in [3.8, 4) is 0 Å². The molecule has 28 heavy (non-hydrogen) atoms. The van der Waals surface area contributed by atoms with Gasteiger partial charge in [0.1, 0.15) is 5.82 Å². The minimum absolute atomic E-state index is 0.413. The van der Waals surface area contributed by atoms with Crippen LogP contribution in [0.2, 0.25) is 0 Å². The van der Waals surface area contributed by atoms with E-state index in [1.165, 1.54) is 31.2 Å². The summed E-state index contributed by atoms with van der Waals surface area (Å²) in [6, 6.07) is 4.33. The maximum absolute atomic E-state index is 4.60. The van der Waals surface area contributed by atoms with E-state index in [4.69, 9.17) is 0 Å². The monoisotopic (exact) mass is 386 g/mol. The number of pyridine rings is 1. The van der Waals surface area contributed by atoms with Crippen LogP contribution in [-0.4, -0.2) is 74.1 Å². The van der Waals surface area contributed by atoms with Gasteiger partial charge in [-0.05, 0) is 49.4 Å². The summed E-state index contributed by atoms with van der Waals surface area (Å²) < 4.78 is 0. The van der Waals surface area contributed by atoms with Gasteiger partial charge in [0, 0.05) is 59.1 Å². The van der Waals surface area contributed by atoms with Crippen molar-refractivity contribution >= 4 is 11.8 Å². The normalized spacial score (nSPS) is 24.5. The smallest absolute Gasteiger partial charge is 0.193 e. The second kappa shape index (κ2) is 9.59. The highest BCUT2D eigenvalue weighted by molar-refractivity contribution is 5.80. The summed E-state index contributed by atoms with van der Waals surface area (Å²) in [5, 5.41) is 3.59. The van der Waals surface area contributed by atoms with E-state index in [1.54, 1.807) is 0 Å². The molecular weight excluding hydrogens is 348 g/mol. The molecule has 3 heterocycles. The van der Waals surface area contributed by atoms with Crippen molar-refractivity contribution in [1.82, 2.24) is 20.1 Å². The first-order valence-corrected chi connectivity index (χ1v) is 10.9. The lowest BCUT2D eigenvalue weighted by Gasteiger charge is -2.42. The maximum Gasteiger partial charge on any atom is 0.193 e. The Morgan fingerprint density at radius 1 is 1.25 bits per heavy atom. The molecule has 1 N–H and O–H groups in total. The Morgan fingerprint density at radius 3 is 2.75 bits per heavy atom. The Hall–Kier alpha value is -1.82. The van der Waals surface area contributed by atoms with Crippen LogP contribution in [0.15, 0.2) is 23.3 Å². The molecule has 3 rings (SSSR count). The summed E-state index contributed by atoms with van der Waals surface area (Å²) in [6.45, 7) is 12.0. The van der Waals surface area contributed by atoms with E-state index in [0.717, 1.165) is 57.6 Å². The number of hydrogen-bond donors (Lipinski definition) is 1. The van der Waals surface area contributed by atoms with Gasteiger partial charge in [0.25, 0.3) is 0 Å². The number of hydrogen-bond acceptors (Lipinski definition) is 4. The molecule has 1 atom stereocenters. The molecule has 2 fully saturated rings. The number of nitrogens with one attached hydrogen (secondary N) is 1. The first kappa shape index (κ1) is 20.9. The van der Waals surface area contributed by atoms with Crippen LogP contribution in [0, 0.1) is 5.41 Å². The summed E-state index contributed by atoms with van der Waals surface area (Å²) in [6.07, 6.45) is 7.06. The zero-order valence-corrected chi connectivity index (χ0v) is 18.2. The van der Waals surface area contributed by atoms with Gasteiger partial charge in [0.15, 0.2) is 5.96 Å². The average Bonchev–Trinajstić information content (AvgIpc) is 2.69. The minimum Gasteiger partial charge on any atom is -0.354 e. The lowest BCUT2D eigenvalue weighted by Crippen LogP contribution is -2.49. The Bertz CT molecular complexity index is 648. The average molecular weight is 387 g/mol. The fourth-order valence-electron chi connectivity index (χ4n) is 4.60. The number of aliphatic imine (C=N–C) groups is 1. The fraction of sp³-hybridized carbons (Fsp3) is 0.727. The molecule has 0 aromatic carbocycles. The highest BCUT2D eigenvalue weighted by Gasteiger charge is 2.31. The molecule has 2 aliphatic heterocycles.